The predicted molar refractivity (Wildman–Crippen MR) is 587 cm³/mol. The van der Waals surface area contributed by atoms with Crippen LogP contribution in [-0.4, -0.2) is 156 Å². The summed E-state index contributed by atoms with van der Waals surface area (Å²) in [5.74, 6) is 8.97. The highest BCUT2D eigenvalue weighted by Crippen LogP contribution is 2.40. The van der Waals surface area contributed by atoms with Gasteiger partial charge in [0.2, 0.25) is 6.79 Å². The highest BCUT2D eigenvalue weighted by molar-refractivity contribution is 7.98. The van der Waals surface area contributed by atoms with Gasteiger partial charge in [-0.1, -0.05) is 157 Å². The van der Waals surface area contributed by atoms with Crippen molar-refractivity contribution >= 4 is 163 Å². The first-order chi connectivity index (χ1) is 71.6. The highest BCUT2D eigenvalue weighted by Gasteiger charge is 2.34. The van der Waals surface area contributed by atoms with Crippen LogP contribution in [0.25, 0.3) is 54.7 Å². The van der Waals surface area contributed by atoms with Crippen LogP contribution in [0.3, 0.4) is 0 Å². The van der Waals surface area contributed by atoms with Crippen LogP contribution in [0.2, 0.25) is 10.0 Å². The van der Waals surface area contributed by atoms with Crippen molar-refractivity contribution < 1.29 is 84.7 Å². The number of hydrogen-bond acceptors (Lipinski definition) is 24. The average Bonchev–Trinajstić information content (AvgIpc) is 1.73. The van der Waals surface area contributed by atoms with Crippen LogP contribution in [0, 0.1) is 53.3 Å². The number of ether oxygens (including phenoxy) is 7. The highest BCUT2D eigenvalue weighted by atomic mass is 35.5. The molecule has 21 rings (SSSR count). The number of benzene rings is 8. The fourth-order valence-electron chi connectivity index (χ4n) is 14.6. The summed E-state index contributed by atoms with van der Waals surface area (Å²) in [7, 11) is 3.53. The lowest BCUT2D eigenvalue weighted by atomic mass is 10.1. The van der Waals surface area contributed by atoms with E-state index in [-0.39, 0.29) is 94.3 Å². The van der Waals surface area contributed by atoms with Crippen molar-refractivity contribution in [2.45, 2.75) is 132 Å². The standard InChI is InChI=1S/C16H19NO2.C15H18O3.C14H13N3O.C14H16O3.C13H14O3S.C13H12O3.C13H14OS.C12H10Cl2O.C10H12N2O/c18-16(14-4-5-14)8-3-13-1-6-15(7-2-13)17-9-11-19-12-10-17;1-3-18-15-10-11(5-9-14(15)17-2)4-8-13(16)12-6-7-12;18-14(12-6-7-12)8-3-10-1-4-11(5-2-10)13-9-15-17-16-13;1-16-13-8-4-10(9-14(13)17-2)3-7-12(15)11-5-6-11;1-17(15,16)12-7-2-10(3-8-12)4-9-13(14)11-5-6-11;14-11(10-3-4-10)5-1-9-2-6-12-13(7-9)16-8-15-12;1-15-12-7-2-10(3-8-12)4-9-13(14)11-5-6-11;13-10-5-1-8(7-11(10)14)2-6-12(15)9-3-4-9;1-12-7-8(6-11-12)2-5-10(13)9-3-4-9/h1-3,6-8,14H,4-5,9-12H2;4-5,8-10,12H,3,6-7H2,1-2H3;1-5,8,12H,6-7,9H2;3-4,7-9,11H,5-6H2,1-2H3;2-4,7-9,11H,5-6H2,1H3;1-2,5-7,10H,3-4,8H2;2-4,7-9,11H,5-6H2,1H3;1-2,5-7,9H,3-4H2;2,5-7,9H,3-4H2,1H3/b8-3+;8-4+;8-3+;7-3+;9-4+;5-1+;9-4+;6-2+;5-2+. The summed E-state index contributed by atoms with van der Waals surface area (Å²) in [5.41, 5.74) is 12.0. The zero-order valence-electron chi connectivity index (χ0n) is 84.7. The van der Waals surface area contributed by atoms with Gasteiger partial charge in [0.25, 0.3) is 0 Å². The third-order valence-electron chi connectivity index (χ3n) is 25.1. The third-order valence-corrected chi connectivity index (χ3v) is 27.7. The first-order valence-corrected chi connectivity index (χ1v) is 54.3. The molecule has 12 aliphatic rings. The number of sulfone groups is 1. The molecule has 8 aromatic carbocycles. The van der Waals surface area contributed by atoms with Gasteiger partial charge in [-0.2, -0.15) is 10.2 Å². The smallest absolute Gasteiger partial charge is 0.231 e. The van der Waals surface area contributed by atoms with Crippen LogP contribution in [0.1, 0.15) is 178 Å². The molecule has 0 unspecified atom stereocenters. The summed E-state index contributed by atoms with van der Waals surface area (Å²) in [6.07, 6.45) is 57.2. The van der Waals surface area contributed by atoms with Crippen LogP contribution in [-0.2, 0) is 64.8 Å². The van der Waals surface area contributed by atoms with Crippen LogP contribution in [0.4, 0.5) is 5.69 Å². The third kappa shape index (κ3) is 39.2. The number of ketones is 9. The SMILES string of the molecule is CCOc1cc(/C=C/C(=O)C2CC2)ccc1OC.COc1ccc(/C=C/C(=O)C2CC2)cc1OC.CS(=O)(=O)c1ccc(/C=C/C(=O)C2CC2)cc1.CSc1ccc(/C=C/C(=O)C2CC2)cc1.Cn1cc(/C=C/C(=O)C2CC2)cn1.O=C(/C=C/c1ccc(C2=NN=NC2)cc1)C1CC1.O=C(/C=C/c1ccc(Cl)c(Cl)c1)C1CC1.O=C(/C=C/c1ccc(N2CCOCC2)cc1)C1CC1.O=C(/C=C/c1ccc2c(c1)OCO2)C1CC1. The molecule has 0 bridgehead atoms. The Morgan fingerprint density at radius 1 is 0.399 bits per heavy atom. The van der Waals surface area contributed by atoms with Gasteiger partial charge in [-0.25, -0.2) is 8.42 Å². The Bertz CT molecular complexity index is 6590. The Labute approximate surface area is 881 Å². The average molecular weight is 2080 g/mol. The number of nitrogens with zero attached hydrogens (tertiary/aromatic N) is 6. The van der Waals surface area contributed by atoms with E-state index in [0.29, 0.717) is 68.8 Å². The van der Waals surface area contributed by atoms with Gasteiger partial charge in [-0.05, 0) is 330 Å². The maximum Gasteiger partial charge on any atom is 0.231 e. The second kappa shape index (κ2) is 56.5. The number of morpholine rings is 1. The molecule has 4 heterocycles. The number of fused-ring (bicyclic) bond motifs is 1. The molecule has 9 aromatic rings. The fraction of sp³-hybridized carbons (Fsp3) is 0.342. The number of thioether (sulfide) groups is 1. The minimum absolute atomic E-state index is 0.164. The molecule has 28 heteroatoms. The molecule has 0 N–H and O–H groups in total. The number of anilines is 1. The lowest BCUT2D eigenvalue weighted by Crippen LogP contribution is -2.36. The van der Waals surface area contributed by atoms with Crippen molar-refractivity contribution in [3.05, 3.63) is 303 Å². The monoisotopic (exact) mass is 2070 g/mol. The summed E-state index contributed by atoms with van der Waals surface area (Å²) < 4.78 is 61.1. The fourth-order valence-corrected chi connectivity index (χ4v) is 16.0. The minimum atomic E-state index is -3.15. The number of aryl methyl sites for hydroxylation is 1. The number of methoxy groups -OCH3 is 3. The number of halogens is 2. The lowest BCUT2D eigenvalue weighted by molar-refractivity contribution is -0.116. The van der Waals surface area contributed by atoms with Crippen molar-refractivity contribution in [1.29, 1.82) is 0 Å². The van der Waals surface area contributed by atoms with E-state index in [1.54, 1.807) is 147 Å². The van der Waals surface area contributed by atoms with Gasteiger partial charge in [-0.15, -0.1) is 16.9 Å². The maximum atomic E-state index is 11.6. The molecular weight excluding hydrogens is 1950 g/mol. The number of carbonyl (C=O) groups excluding carboxylic acids is 9. The Morgan fingerprint density at radius 3 is 1.09 bits per heavy atom. The van der Waals surface area contributed by atoms with Crippen molar-refractivity contribution in [3.63, 3.8) is 0 Å². The Morgan fingerprint density at radius 2 is 0.736 bits per heavy atom. The number of carbonyl (C=O) groups is 9. The molecule has 772 valence electrons. The van der Waals surface area contributed by atoms with Gasteiger partial charge in [-0.3, -0.25) is 47.8 Å². The zero-order chi connectivity index (χ0) is 105. The largest absolute Gasteiger partial charge is 0.493 e. The Balaban J connectivity index is 0.000000139. The van der Waals surface area contributed by atoms with E-state index < -0.39 is 9.84 Å². The summed E-state index contributed by atoms with van der Waals surface area (Å²) in [6.45, 7) is 6.86. The van der Waals surface area contributed by atoms with E-state index in [1.807, 2.05) is 160 Å². The minimum Gasteiger partial charge on any atom is -0.493 e. The number of hydrogen-bond donors (Lipinski definition) is 0. The molecule has 24 nitrogen and oxygen atoms in total. The summed E-state index contributed by atoms with van der Waals surface area (Å²) in [5, 5.41) is 16.4. The number of rotatable bonds is 36. The first kappa shape index (κ1) is 112. The zero-order valence-corrected chi connectivity index (χ0v) is 87.8. The molecule has 0 radical (unpaired) electrons. The van der Waals surface area contributed by atoms with E-state index in [4.69, 9.17) is 56.4 Å². The number of allylic oxidation sites excluding steroid dienone is 9. The van der Waals surface area contributed by atoms with Crippen molar-refractivity contribution in [1.82, 2.24) is 9.78 Å². The summed E-state index contributed by atoms with van der Waals surface area (Å²) in [6, 6.07) is 53.3. The Hall–Kier alpha value is -13.6. The summed E-state index contributed by atoms with van der Waals surface area (Å²) >= 11 is 13.4. The molecule has 0 amide bonds. The molecule has 1 aromatic heterocycles. The van der Waals surface area contributed by atoms with Crippen LogP contribution >= 0.6 is 35.0 Å². The van der Waals surface area contributed by atoms with Gasteiger partial charge in [0, 0.05) is 102 Å². The molecule has 1 saturated heterocycles. The van der Waals surface area contributed by atoms with Crippen LogP contribution < -0.4 is 33.3 Å². The topological polar surface area (TPSA) is 311 Å². The van der Waals surface area contributed by atoms with Gasteiger partial charge < -0.3 is 38.1 Å². The molecule has 148 heavy (non-hydrogen) atoms. The van der Waals surface area contributed by atoms with Gasteiger partial charge >= 0.3 is 0 Å². The quantitative estimate of drug-likeness (QED) is 0.0260. The van der Waals surface area contributed by atoms with Crippen LogP contribution in [0.15, 0.2) is 262 Å². The van der Waals surface area contributed by atoms with E-state index in [1.165, 1.54) is 16.8 Å². The van der Waals surface area contributed by atoms with E-state index >= 15 is 0 Å². The first-order valence-electron chi connectivity index (χ1n) is 50.4. The summed E-state index contributed by atoms with van der Waals surface area (Å²) in [4.78, 5) is 107. The van der Waals surface area contributed by atoms with E-state index in [9.17, 15) is 51.6 Å². The molecular formula is C120H128Cl2N6O18S2. The molecule has 3 aliphatic heterocycles. The van der Waals surface area contributed by atoms with Crippen LogP contribution in [0.5, 0.6) is 34.5 Å². The second-order valence-electron chi connectivity index (χ2n) is 37.6. The second-order valence-corrected chi connectivity index (χ2v) is 41.4. The van der Waals surface area contributed by atoms with Crippen molar-refractivity contribution in [2.24, 2.45) is 75.7 Å². The van der Waals surface area contributed by atoms with Crippen molar-refractivity contribution in [3.8, 4) is 34.5 Å². The molecule has 0 atom stereocenters. The number of aromatic nitrogens is 2. The normalized spacial score (nSPS) is 16.8. The van der Waals surface area contributed by atoms with E-state index in [0.717, 1.165) is 215 Å². The maximum absolute atomic E-state index is 11.6. The van der Waals surface area contributed by atoms with E-state index in [2.05, 4.69) is 68.1 Å². The van der Waals surface area contributed by atoms with Crippen molar-refractivity contribution in [2.75, 3.05) is 85.0 Å². The van der Waals surface area contributed by atoms with Gasteiger partial charge in [0.1, 0.15) is 6.54 Å². The lowest BCUT2D eigenvalue weighted by Gasteiger charge is -2.28. The Kier molecular flexibility index (Phi) is 42.6. The molecule has 10 fully saturated rings. The molecule has 0 spiro atoms. The predicted octanol–water partition coefficient (Wildman–Crippen LogP) is 24.4. The van der Waals surface area contributed by atoms with Gasteiger partial charge in [0.15, 0.2) is 96.4 Å². The molecule has 9 saturated carbocycles. The van der Waals surface area contributed by atoms with Gasteiger partial charge in [0.05, 0.1) is 68.0 Å². The molecule has 9 aliphatic carbocycles.